The molecule has 2 aromatic carbocycles. The van der Waals surface area contributed by atoms with Crippen LogP contribution in [0.1, 0.15) is 12.0 Å². The first-order valence-electron chi connectivity index (χ1n) is 10.2. The average molecular weight is 414 g/mol. The molecule has 2 N–H and O–H groups in total. The summed E-state index contributed by atoms with van der Waals surface area (Å²) in [7, 11) is 4.94. The lowest BCUT2D eigenvalue weighted by atomic mass is 10.1. The number of ether oxygens (including phenoxy) is 3. The molecule has 0 radical (unpaired) electrons. The Morgan fingerprint density at radius 2 is 1.83 bits per heavy atom. The van der Waals surface area contributed by atoms with Crippen molar-refractivity contribution in [2.45, 2.75) is 12.8 Å². The molecule has 3 rings (SSSR count). The van der Waals surface area contributed by atoms with Gasteiger partial charge in [0.05, 0.1) is 21.3 Å². The molecule has 0 aliphatic carbocycles. The molecule has 2 aromatic rings. The molecule has 0 bridgehead atoms. The van der Waals surface area contributed by atoms with Crippen LogP contribution in [0.15, 0.2) is 42.5 Å². The van der Waals surface area contributed by atoms with E-state index in [0.29, 0.717) is 25.4 Å². The molecule has 7 heteroatoms. The van der Waals surface area contributed by atoms with Crippen LogP contribution in [0.25, 0.3) is 0 Å². The van der Waals surface area contributed by atoms with E-state index < -0.39 is 0 Å². The second kappa shape index (κ2) is 10.6. The fourth-order valence-electron chi connectivity index (χ4n) is 3.71. The number of rotatable bonds is 9. The van der Waals surface area contributed by atoms with Gasteiger partial charge in [0, 0.05) is 44.0 Å². The summed E-state index contributed by atoms with van der Waals surface area (Å²) >= 11 is 0. The Bertz CT molecular complexity index is 843. The Morgan fingerprint density at radius 1 is 1.03 bits per heavy atom. The topological polar surface area (TPSA) is 72.1 Å². The van der Waals surface area contributed by atoms with E-state index in [1.54, 1.807) is 21.3 Å². The van der Waals surface area contributed by atoms with Crippen LogP contribution < -0.4 is 29.7 Å². The molecule has 0 saturated carbocycles. The second-order valence-corrected chi connectivity index (χ2v) is 7.37. The van der Waals surface area contributed by atoms with Crippen LogP contribution in [0.2, 0.25) is 0 Å². The molecule has 1 unspecified atom stereocenters. The lowest BCUT2D eigenvalue weighted by molar-refractivity contribution is 0.239. The van der Waals surface area contributed by atoms with E-state index in [2.05, 4.69) is 27.7 Å². The van der Waals surface area contributed by atoms with Gasteiger partial charge in [-0.1, -0.05) is 12.1 Å². The van der Waals surface area contributed by atoms with Crippen LogP contribution in [0.5, 0.6) is 17.2 Å². The van der Waals surface area contributed by atoms with Crippen molar-refractivity contribution >= 4 is 11.7 Å². The van der Waals surface area contributed by atoms with Crippen LogP contribution in [0.4, 0.5) is 10.5 Å². The van der Waals surface area contributed by atoms with Crippen LogP contribution in [0.3, 0.4) is 0 Å². The maximum Gasteiger partial charge on any atom is 0.314 e. The van der Waals surface area contributed by atoms with Gasteiger partial charge in [-0.15, -0.1) is 0 Å². The summed E-state index contributed by atoms with van der Waals surface area (Å²) < 4.78 is 15.9. The van der Waals surface area contributed by atoms with Gasteiger partial charge in [0.2, 0.25) is 0 Å². The van der Waals surface area contributed by atoms with Gasteiger partial charge in [0.1, 0.15) is 17.2 Å². The largest absolute Gasteiger partial charge is 0.497 e. The van der Waals surface area contributed by atoms with Crippen LogP contribution >= 0.6 is 0 Å². The van der Waals surface area contributed by atoms with E-state index in [1.165, 1.54) is 0 Å². The van der Waals surface area contributed by atoms with Crippen molar-refractivity contribution in [3.63, 3.8) is 0 Å². The zero-order chi connectivity index (χ0) is 21.3. The fourth-order valence-corrected chi connectivity index (χ4v) is 3.71. The summed E-state index contributed by atoms with van der Waals surface area (Å²) in [6.07, 6.45) is 1.74. The Hall–Kier alpha value is -3.09. The summed E-state index contributed by atoms with van der Waals surface area (Å²) in [5.74, 6) is 2.81. The number of hydrogen-bond acceptors (Lipinski definition) is 5. The predicted octanol–water partition coefficient (Wildman–Crippen LogP) is 3.08. The van der Waals surface area contributed by atoms with Gasteiger partial charge >= 0.3 is 6.03 Å². The smallest absolute Gasteiger partial charge is 0.314 e. The summed E-state index contributed by atoms with van der Waals surface area (Å²) in [5.41, 5.74) is 2.19. The number of carbonyl (C=O) groups excluding carboxylic acids is 1. The highest BCUT2D eigenvalue weighted by atomic mass is 16.5. The van der Waals surface area contributed by atoms with Gasteiger partial charge in [-0.3, -0.25) is 0 Å². The highest BCUT2D eigenvalue weighted by molar-refractivity contribution is 5.73. The summed E-state index contributed by atoms with van der Waals surface area (Å²) in [5, 5.41) is 5.93. The van der Waals surface area contributed by atoms with Crippen molar-refractivity contribution < 1.29 is 19.0 Å². The minimum atomic E-state index is -0.137. The maximum absolute atomic E-state index is 12.2. The number of nitrogens with zero attached hydrogens (tertiary/aromatic N) is 1. The van der Waals surface area contributed by atoms with E-state index in [1.807, 2.05) is 30.3 Å². The Labute approximate surface area is 178 Å². The van der Waals surface area contributed by atoms with Gasteiger partial charge in [0.15, 0.2) is 0 Å². The van der Waals surface area contributed by atoms with Crippen LogP contribution in [-0.4, -0.2) is 53.5 Å². The van der Waals surface area contributed by atoms with Crippen LogP contribution in [-0.2, 0) is 6.42 Å². The Morgan fingerprint density at radius 3 is 2.60 bits per heavy atom. The van der Waals surface area contributed by atoms with Gasteiger partial charge in [-0.2, -0.15) is 0 Å². The van der Waals surface area contributed by atoms with Gasteiger partial charge in [0.25, 0.3) is 0 Å². The van der Waals surface area contributed by atoms with E-state index in [4.69, 9.17) is 14.2 Å². The first-order chi connectivity index (χ1) is 14.6. The summed E-state index contributed by atoms with van der Waals surface area (Å²) in [6, 6.07) is 13.7. The number of carbonyl (C=O) groups is 1. The molecular formula is C23H31N3O4. The summed E-state index contributed by atoms with van der Waals surface area (Å²) in [4.78, 5) is 14.5. The quantitative estimate of drug-likeness (QED) is 0.661. The number of amides is 2. The van der Waals surface area contributed by atoms with Crippen molar-refractivity contribution in [1.29, 1.82) is 0 Å². The van der Waals surface area contributed by atoms with Crippen molar-refractivity contribution in [3.05, 3.63) is 48.0 Å². The highest BCUT2D eigenvalue weighted by Crippen LogP contribution is 2.27. The minimum absolute atomic E-state index is 0.137. The van der Waals surface area contributed by atoms with Gasteiger partial charge in [-0.25, -0.2) is 4.79 Å². The number of methoxy groups -OCH3 is 3. The van der Waals surface area contributed by atoms with Crippen molar-refractivity contribution in [3.8, 4) is 17.2 Å². The predicted molar refractivity (Wildman–Crippen MR) is 118 cm³/mol. The van der Waals surface area contributed by atoms with E-state index in [0.717, 1.165) is 48.0 Å². The molecule has 1 aliphatic rings. The molecule has 1 aliphatic heterocycles. The van der Waals surface area contributed by atoms with Crippen molar-refractivity contribution in [1.82, 2.24) is 10.6 Å². The highest BCUT2D eigenvalue weighted by Gasteiger charge is 2.23. The monoisotopic (exact) mass is 413 g/mol. The van der Waals surface area contributed by atoms with Crippen molar-refractivity contribution in [2.75, 3.05) is 52.4 Å². The van der Waals surface area contributed by atoms with E-state index in [-0.39, 0.29) is 6.03 Å². The normalized spacial score (nSPS) is 15.6. The Kier molecular flexibility index (Phi) is 7.65. The first-order valence-corrected chi connectivity index (χ1v) is 10.2. The molecule has 2 amide bonds. The SMILES string of the molecule is COc1cccc(N2CCC(CNC(=O)NCCc3ccc(OC)cc3OC)C2)c1. The molecule has 1 saturated heterocycles. The van der Waals surface area contributed by atoms with Crippen LogP contribution in [0, 0.1) is 5.92 Å². The zero-order valence-corrected chi connectivity index (χ0v) is 17.9. The molecule has 162 valence electrons. The lowest BCUT2D eigenvalue weighted by Crippen LogP contribution is -2.39. The maximum atomic E-state index is 12.2. The third-order valence-corrected chi connectivity index (χ3v) is 5.43. The lowest BCUT2D eigenvalue weighted by Gasteiger charge is -2.19. The zero-order valence-electron chi connectivity index (χ0n) is 17.9. The minimum Gasteiger partial charge on any atom is -0.497 e. The van der Waals surface area contributed by atoms with Gasteiger partial charge in [-0.05, 0) is 42.5 Å². The molecule has 7 nitrogen and oxygen atoms in total. The number of nitrogens with one attached hydrogen (secondary N) is 2. The third-order valence-electron chi connectivity index (χ3n) is 5.43. The summed E-state index contributed by atoms with van der Waals surface area (Å²) in [6.45, 7) is 3.11. The molecule has 1 fully saturated rings. The first kappa shape index (κ1) is 21.6. The molecule has 1 heterocycles. The molecule has 1 atom stereocenters. The van der Waals surface area contributed by atoms with Crippen molar-refractivity contribution in [2.24, 2.45) is 5.92 Å². The number of hydrogen-bond donors (Lipinski definition) is 2. The molecular weight excluding hydrogens is 382 g/mol. The average Bonchev–Trinajstić information content (AvgIpc) is 3.27. The third kappa shape index (κ3) is 5.72. The Balaban J connectivity index is 1.39. The van der Waals surface area contributed by atoms with E-state index >= 15 is 0 Å². The standard InChI is InChI=1S/C23H31N3O4/c1-28-20-6-4-5-19(13-20)26-12-10-17(16-26)15-25-23(27)24-11-9-18-7-8-21(29-2)14-22(18)30-3/h4-8,13-14,17H,9-12,15-16H2,1-3H3,(H2,24,25,27). The fraction of sp³-hybridized carbons (Fsp3) is 0.435. The molecule has 0 aromatic heterocycles. The van der Waals surface area contributed by atoms with E-state index in [9.17, 15) is 4.79 Å². The number of benzene rings is 2. The molecule has 30 heavy (non-hydrogen) atoms. The second-order valence-electron chi connectivity index (χ2n) is 7.37. The van der Waals surface area contributed by atoms with Gasteiger partial charge < -0.3 is 29.7 Å². The number of urea groups is 1. The molecule has 0 spiro atoms. The number of anilines is 1.